The number of nitrogens with one attached hydrogen (secondary N) is 2. The van der Waals surface area contributed by atoms with Gasteiger partial charge in [-0.05, 0) is 24.8 Å². The molecule has 0 aromatic heterocycles. The van der Waals surface area contributed by atoms with Crippen LogP contribution in [0.25, 0.3) is 0 Å². The number of nitrogens with zero attached hydrogens (tertiary/aromatic N) is 1. The maximum absolute atomic E-state index is 12.7. The topological polar surface area (TPSA) is 96.7 Å². The first kappa shape index (κ1) is 18.8. The normalized spacial score (nSPS) is 23.8. The molecule has 7 nitrogen and oxygen atoms in total. The minimum atomic E-state index is -0.222. The molecular formula is C19H28N4O3. The van der Waals surface area contributed by atoms with Gasteiger partial charge in [-0.1, -0.05) is 30.3 Å². The molecule has 2 fully saturated rings. The molecule has 2 aliphatic heterocycles. The van der Waals surface area contributed by atoms with Crippen molar-refractivity contribution in [3.05, 3.63) is 35.9 Å². The molecule has 2 aliphatic rings. The van der Waals surface area contributed by atoms with E-state index in [9.17, 15) is 9.59 Å². The van der Waals surface area contributed by atoms with Crippen molar-refractivity contribution >= 4 is 11.8 Å². The minimum absolute atomic E-state index is 0.0215. The fraction of sp³-hybridized carbons (Fsp3) is 0.579. The molecular weight excluding hydrogens is 332 g/mol. The first-order chi connectivity index (χ1) is 12.7. The van der Waals surface area contributed by atoms with Crippen molar-refractivity contribution < 1.29 is 14.3 Å². The highest BCUT2D eigenvalue weighted by atomic mass is 16.5. The monoisotopic (exact) mass is 360 g/mol. The van der Waals surface area contributed by atoms with Gasteiger partial charge in [-0.15, -0.1) is 0 Å². The molecule has 3 rings (SSSR count). The maximum atomic E-state index is 12.7. The van der Waals surface area contributed by atoms with E-state index >= 15 is 0 Å². The van der Waals surface area contributed by atoms with E-state index in [2.05, 4.69) is 22.8 Å². The van der Waals surface area contributed by atoms with Gasteiger partial charge in [0.05, 0.1) is 25.3 Å². The summed E-state index contributed by atoms with van der Waals surface area (Å²) in [6.45, 7) is 2.64. The van der Waals surface area contributed by atoms with Crippen molar-refractivity contribution in [2.75, 3.05) is 26.2 Å². The summed E-state index contributed by atoms with van der Waals surface area (Å²) >= 11 is 0. The number of carbonyl (C=O) groups excluding carboxylic acids is 2. The highest BCUT2D eigenvalue weighted by Crippen LogP contribution is 2.18. The average Bonchev–Trinajstić information content (AvgIpc) is 3.15. The van der Waals surface area contributed by atoms with Crippen molar-refractivity contribution in [2.24, 2.45) is 5.73 Å². The number of piperidine rings is 1. The van der Waals surface area contributed by atoms with Gasteiger partial charge in [-0.2, -0.15) is 0 Å². The van der Waals surface area contributed by atoms with Crippen LogP contribution in [0.2, 0.25) is 0 Å². The summed E-state index contributed by atoms with van der Waals surface area (Å²) in [5, 5.41) is 6.05. The van der Waals surface area contributed by atoms with E-state index in [1.54, 1.807) is 0 Å². The van der Waals surface area contributed by atoms with Crippen molar-refractivity contribution in [1.29, 1.82) is 0 Å². The first-order valence-corrected chi connectivity index (χ1v) is 9.33. The van der Waals surface area contributed by atoms with Crippen LogP contribution >= 0.6 is 0 Å². The van der Waals surface area contributed by atoms with Gasteiger partial charge in [0.15, 0.2) is 0 Å². The summed E-state index contributed by atoms with van der Waals surface area (Å²) in [5.74, 6) is -0.0581. The lowest BCUT2D eigenvalue weighted by molar-refractivity contribution is -0.136. The van der Waals surface area contributed by atoms with Crippen LogP contribution in [0.3, 0.4) is 0 Å². The Morgan fingerprint density at radius 3 is 2.65 bits per heavy atom. The predicted octanol–water partition coefficient (Wildman–Crippen LogP) is -0.000400. The lowest BCUT2D eigenvalue weighted by atomic mass is 10.1. The van der Waals surface area contributed by atoms with E-state index in [4.69, 9.17) is 10.5 Å². The molecule has 4 N–H and O–H groups in total. The molecule has 7 heteroatoms. The Balaban J connectivity index is 1.39. The van der Waals surface area contributed by atoms with Gasteiger partial charge in [0.2, 0.25) is 11.8 Å². The molecule has 2 unspecified atom stereocenters. The highest BCUT2D eigenvalue weighted by Gasteiger charge is 2.34. The van der Waals surface area contributed by atoms with Crippen LogP contribution < -0.4 is 16.4 Å². The van der Waals surface area contributed by atoms with Crippen molar-refractivity contribution in [1.82, 2.24) is 15.5 Å². The Bertz CT molecular complexity index is 602. The summed E-state index contributed by atoms with van der Waals surface area (Å²) in [6, 6.07) is 9.90. The van der Waals surface area contributed by atoms with Gasteiger partial charge in [-0.25, -0.2) is 0 Å². The second-order valence-corrected chi connectivity index (χ2v) is 6.99. The minimum Gasteiger partial charge on any atom is -0.373 e. The maximum Gasteiger partial charge on any atom is 0.239 e. The molecule has 0 spiro atoms. The third-order valence-corrected chi connectivity index (χ3v) is 5.06. The number of carbonyl (C=O) groups is 2. The standard InChI is InChI=1S/C19H28N4O3/c20-11-18(24)22-15-10-17(21-12-15)19(25)23-8-6-16(7-9-23)26-13-14-4-2-1-3-5-14/h1-5,15-17,21H,6-13,20H2,(H,22,24). The molecule has 1 aromatic carbocycles. The molecule has 2 saturated heterocycles. The van der Waals surface area contributed by atoms with Crippen molar-refractivity contribution in [3.63, 3.8) is 0 Å². The second-order valence-electron chi connectivity index (χ2n) is 6.99. The van der Waals surface area contributed by atoms with E-state index < -0.39 is 0 Å². The van der Waals surface area contributed by atoms with Gasteiger partial charge in [-0.3, -0.25) is 9.59 Å². The van der Waals surface area contributed by atoms with Crippen LogP contribution in [0, 0.1) is 0 Å². The molecule has 26 heavy (non-hydrogen) atoms. The number of amides is 2. The van der Waals surface area contributed by atoms with Crippen LogP contribution in [-0.4, -0.2) is 61.1 Å². The SMILES string of the molecule is NCC(=O)NC1CNC(C(=O)N2CCC(OCc3ccccc3)CC2)C1. The van der Waals surface area contributed by atoms with Crippen LogP contribution in [-0.2, 0) is 20.9 Å². The molecule has 142 valence electrons. The zero-order chi connectivity index (χ0) is 18.4. The summed E-state index contributed by atoms with van der Waals surface area (Å²) < 4.78 is 5.98. The van der Waals surface area contributed by atoms with Crippen LogP contribution in [0.5, 0.6) is 0 Å². The van der Waals surface area contributed by atoms with Crippen molar-refractivity contribution in [2.45, 2.75) is 44.1 Å². The number of ether oxygens (including phenoxy) is 1. The van der Waals surface area contributed by atoms with Crippen LogP contribution in [0.1, 0.15) is 24.8 Å². The lowest BCUT2D eigenvalue weighted by Crippen LogP contribution is -2.48. The Morgan fingerprint density at radius 2 is 1.96 bits per heavy atom. The van der Waals surface area contributed by atoms with Gasteiger partial charge < -0.3 is 26.0 Å². The quantitative estimate of drug-likeness (QED) is 0.664. The molecule has 0 aliphatic carbocycles. The number of hydrogen-bond acceptors (Lipinski definition) is 5. The first-order valence-electron chi connectivity index (χ1n) is 9.33. The summed E-state index contributed by atoms with van der Waals surface area (Å²) in [4.78, 5) is 26.0. The van der Waals surface area contributed by atoms with E-state index in [-0.39, 0.29) is 36.5 Å². The molecule has 2 atom stereocenters. The number of hydrogen-bond donors (Lipinski definition) is 3. The molecule has 0 radical (unpaired) electrons. The van der Waals surface area contributed by atoms with Crippen molar-refractivity contribution in [3.8, 4) is 0 Å². The molecule has 1 aromatic rings. The van der Waals surface area contributed by atoms with E-state index in [0.29, 0.717) is 19.6 Å². The fourth-order valence-corrected chi connectivity index (χ4v) is 3.57. The van der Waals surface area contributed by atoms with Gasteiger partial charge in [0.25, 0.3) is 0 Å². The van der Waals surface area contributed by atoms with Gasteiger partial charge >= 0.3 is 0 Å². The Hall–Kier alpha value is -1.96. The van der Waals surface area contributed by atoms with E-state index in [0.717, 1.165) is 25.9 Å². The summed E-state index contributed by atoms with van der Waals surface area (Å²) in [6.07, 6.45) is 2.54. The smallest absolute Gasteiger partial charge is 0.239 e. The van der Waals surface area contributed by atoms with Gasteiger partial charge in [0, 0.05) is 25.7 Å². The Labute approximate surface area is 154 Å². The van der Waals surface area contributed by atoms with Gasteiger partial charge in [0.1, 0.15) is 0 Å². The summed E-state index contributed by atoms with van der Waals surface area (Å²) in [7, 11) is 0. The zero-order valence-corrected chi connectivity index (χ0v) is 15.0. The summed E-state index contributed by atoms with van der Waals surface area (Å²) in [5.41, 5.74) is 6.49. The lowest BCUT2D eigenvalue weighted by Gasteiger charge is -2.33. The Morgan fingerprint density at radius 1 is 1.23 bits per heavy atom. The van der Waals surface area contributed by atoms with Crippen LogP contribution in [0.4, 0.5) is 0 Å². The zero-order valence-electron chi connectivity index (χ0n) is 15.0. The molecule has 2 amide bonds. The largest absolute Gasteiger partial charge is 0.373 e. The van der Waals surface area contributed by atoms with Crippen LogP contribution in [0.15, 0.2) is 30.3 Å². The molecule has 0 bridgehead atoms. The number of nitrogens with two attached hydrogens (primary N) is 1. The highest BCUT2D eigenvalue weighted by molar-refractivity contribution is 5.83. The predicted molar refractivity (Wildman–Crippen MR) is 98.2 cm³/mol. The number of benzene rings is 1. The number of likely N-dealkylation sites (tertiary alicyclic amines) is 1. The van der Waals surface area contributed by atoms with E-state index in [1.165, 1.54) is 5.56 Å². The number of rotatable bonds is 6. The molecule has 0 saturated carbocycles. The molecule has 2 heterocycles. The Kier molecular flexibility index (Phi) is 6.60. The third-order valence-electron chi connectivity index (χ3n) is 5.06. The fourth-order valence-electron chi connectivity index (χ4n) is 3.57. The third kappa shape index (κ3) is 5.03. The second kappa shape index (κ2) is 9.12. The van der Waals surface area contributed by atoms with E-state index in [1.807, 2.05) is 23.1 Å². The average molecular weight is 360 g/mol.